The maximum absolute atomic E-state index is 13.2. The molecule has 29 heavy (non-hydrogen) atoms. The molecule has 2 fully saturated rings. The number of hydrogen-bond donors (Lipinski definition) is 1. The van der Waals surface area contributed by atoms with Gasteiger partial charge in [0.25, 0.3) is 11.5 Å². The van der Waals surface area contributed by atoms with Crippen LogP contribution in [0.25, 0.3) is 4.96 Å². The number of hydrogen-bond acceptors (Lipinski definition) is 6. The van der Waals surface area contributed by atoms with Gasteiger partial charge in [0.2, 0.25) is 0 Å². The van der Waals surface area contributed by atoms with Crippen molar-refractivity contribution in [2.24, 2.45) is 5.41 Å². The van der Waals surface area contributed by atoms with Crippen molar-refractivity contribution in [1.82, 2.24) is 19.2 Å². The summed E-state index contributed by atoms with van der Waals surface area (Å²) in [4.78, 5) is 34.9. The average Bonchev–Trinajstić information content (AvgIpc) is 3.19. The summed E-state index contributed by atoms with van der Waals surface area (Å²) < 4.78 is 1.42. The van der Waals surface area contributed by atoms with Gasteiger partial charge in [0.15, 0.2) is 4.96 Å². The van der Waals surface area contributed by atoms with E-state index in [9.17, 15) is 14.7 Å². The third-order valence-electron chi connectivity index (χ3n) is 6.48. The number of aliphatic hydroxyl groups is 1. The van der Waals surface area contributed by atoms with E-state index in [2.05, 4.69) is 16.8 Å². The first-order valence-corrected chi connectivity index (χ1v) is 11.5. The van der Waals surface area contributed by atoms with Crippen LogP contribution < -0.4 is 5.56 Å². The molecule has 158 valence electrons. The molecule has 2 aliphatic heterocycles. The van der Waals surface area contributed by atoms with Crippen molar-refractivity contribution in [2.75, 3.05) is 32.7 Å². The summed E-state index contributed by atoms with van der Waals surface area (Å²) in [5, 5.41) is 12.3. The van der Waals surface area contributed by atoms with Crippen molar-refractivity contribution in [3.05, 3.63) is 33.7 Å². The maximum Gasteiger partial charge on any atom is 0.271 e. The van der Waals surface area contributed by atoms with Crippen LogP contribution in [-0.2, 0) is 0 Å². The first kappa shape index (κ1) is 20.5. The van der Waals surface area contributed by atoms with Crippen molar-refractivity contribution in [3.8, 4) is 0 Å². The zero-order valence-corrected chi connectivity index (χ0v) is 17.9. The third kappa shape index (κ3) is 4.25. The van der Waals surface area contributed by atoms with Gasteiger partial charge in [-0.05, 0) is 50.7 Å². The summed E-state index contributed by atoms with van der Waals surface area (Å²) in [5.74, 6) is -0.313. The van der Waals surface area contributed by atoms with Gasteiger partial charge in [0.05, 0.1) is 6.10 Å². The molecule has 2 aliphatic rings. The molecule has 1 unspecified atom stereocenters. The summed E-state index contributed by atoms with van der Waals surface area (Å²) in [6, 6.07) is 0. The van der Waals surface area contributed by atoms with Crippen molar-refractivity contribution >= 4 is 22.2 Å². The van der Waals surface area contributed by atoms with Gasteiger partial charge < -0.3 is 14.9 Å². The van der Waals surface area contributed by atoms with Gasteiger partial charge in [-0.2, -0.15) is 0 Å². The van der Waals surface area contributed by atoms with Crippen LogP contribution in [0.3, 0.4) is 0 Å². The van der Waals surface area contributed by atoms with Gasteiger partial charge in [-0.3, -0.25) is 14.0 Å². The lowest BCUT2D eigenvalue weighted by Crippen LogP contribution is -2.55. The summed E-state index contributed by atoms with van der Waals surface area (Å²) in [7, 11) is 0. The first-order chi connectivity index (χ1) is 14.0. The van der Waals surface area contributed by atoms with Crippen LogP contribution in [0.15, 0.2) is 22.6 Å². The molecule has 1 amide bonds. The Morgan fingerprint density at radius 2 is 2.14 bits per heavy atom. The molecule has 8 heteroatoms. The number of rotatable bonds is 5. The molecular formula is C21H30N4O3S. The summed E-state index contributed by atoms with van der Waals surface area (Å²) in [6.07, 6.45) is 8.93. The van der Waals surface area contributed by atoms with Crippen LogP contribution in [0.4, 0.5) is 0 Å². The molecule has 0 bridgehead atoms. The van der Waals surface area contributed by atoms with Gasteiger partial charge in [0, 0.05) is 30.9 Å². The van der Waals surface area contributed by atoms with Gasteiger partial charge in [0.1, 0.15) is 5.56 Å². The molecule has 2 aromatic rings. The van der Waals surface area contributed by atoms with Crippen molar-refractivity contribution < 1.29 is 9.90 Å². The minimum absolute atomic E-state index is 0.0509. The molecule has 0 saturated carbocycles. The van der Waals surface area contributed by atoms with Crippen LogP contribution in [0, 0.1) is 5.41 Å². The van der Waals surface area contributed by atoms with E-state index in [-0.39, 0.29) is 29.0 Å². The fraction of sp³-hybridized carbons (Fsp3) is 0.667. The van der Waals surface area contributed by atoms with Crippen LogP contribution in [0.5, 0.6) is 0 Å². The lowest BCUT2D eigenvalue weighted by Gasteiger charge is -2.49. The Labute approximate surface area is 175 Å². The number of thiazole rings is 1. The standard InChI is InChI=1S/C21H30N4O3S/c1-2-3-4-7-23-8-5-21(6-9-23)12-16(26)14-24(15-21)18(27)17-13-22-20-25(19(17)28)10-11-29-20/h10-11,13,16,26H,2-9,12,14-15H2,1H3. The highest BCUT2D eigenvalue weighted by atomic mass is 32.1. The van der Waals surface area contributed by atoms with Crippen LogP contribution >= 0.6 is 11.3 Å². The predicted octanol–water partition coefficient (Wildman–Crippen LogP) is 2.24. The molecule has 1 spiro atoms. The van der Waals surface area contributed by atoms with Crippen LogP contribution in [-0.4, -0.2) is 69.0 Å². The Kier molecular flexibility index (Phi) is 6.03. The topological polar surface area (TPSA) is 78.2 Å². The SMILES string of the molecule is CCCCCN1CCC2(CC1)CC(O)CN(C(=O)c1cnc3sccn3c1=O)C2. The lowest BCUT2D eigenvalue weighted by molar-refractivity contribution is -0.0328. The van der Waals surface area contributed by atoms with E-state index in [1.54, 1.807) is 16.5 Å². The average molecular weight is 419 g/mol. The molecule has 1 N–H and O–H groups in total. The Bertz CT molecular complexity index is 916. The Balaban J connectivity index is 1.47. The number of aliphatic hydroxyl groups excluding tert-OH is 1. The van der Waals surface area contributed by atoms with E-state index in [0.29, 0.717) is 11.5 Å². The monoisotopic (exact) mass is 418 g/mol. The number of piperidine rings is 2. The van der Waals surface area contributed by atoms with Crippen LogP contribution in [0.2, 0.25) is 0 Å². The highest BCUT2D eigenvalue weighted by molar-refractivity contribution is 7.15. The number of nitrogens with zero attached hydrogens (tertiary/aromatic N) is 4. The van der Waals surface area contributed by atoms with E-state index in [0.717, 1.165) is 38.9 Å². The quantitative estimate of drug-likeness (QED) is 0.754. The molecule has 2 saturated heterocycles. The van der Waals surface area contributed by atoms with Gasteiger partial charge >= 0.3 is 0 Å². The first-order valence-electron chi connectivity index (χ1n) is 10.7. The lowest BCUT2D eigenvalue weighted by atomic mass is 9.71. The number of amides is 1. The molecule has 0 aromatic carbocycles. The van der Waals surface area contributed by atoms with E-state index >= 15 is 0 Å². The minimum Gasteiger partial charge on any atom is -0.391 e. The van der Waals surface area contributed by atoms with E-state index in [1.165, 1.54) is 41.2 Å². The normalized spacial score (nSPS) is 22.4. The Hall–Kier alpha value is -1.77. The molecule has 1 atom stereocenters. The van der Waals surface area contributed by atoms with Crippen molar-refractivity contribution in [1.29, 1.82) is 0 Å². The summed E-state index contributed by atoms with van der Waals surface area (Å²) in [5.41, 5.74) is -0.298. The maximum atomic E-state index is 13.2. The molecule has 4 heterocycles. The zero-order chi connectivity index (χ0) is 20.4. The molecule has 0 aliphatic carbocycles. The van der Waals surface area contributed by atoms with Gasteiger partial charge in [-0.15, -0.1) is 11.3 Å². The van der Waals surface area contributed by atoms with Gasteiger partial charge in [-0.25, -0.2) is 4.98 Å². The second-order valence-corrected chi connectivity index (χ2v) is 9.50. The van der Waals surface area contributed by atoms with Crippen molar-refractivity contribution in [3.63, 3.8) is 0 Å². The molecular weight excluding hydrogens is 388 g/mol. The minimum atomic E-state index is -0.542. The number of aromatic nitrogens is 2. The van der Waals surface area contributed by atoms with Gasteiger partial charge in [-0.1, -0.05) is 19.8 Å². The highest BCUT2D eigenvalue weighted by Gasteiger charge is 2.43. The molecule has 2 aromatic heterocycles. The number of likely N-dealkylation sites (tertiary alicyclic amines) is 2. The number of β-amino-alcohol motifs (C(OH)–C–C–N with tert-alkyl or cyclic N) is 1. The smallest absolute Gasteiger partial charge is 0.271 e. The van der Waals surface area contributed by atoms with Crippen LogP contribution in [0.1, 0.15) is 55.8 Å². The number of fused-ring (bicyclic) bond motifs is 1. The van der Waals surface area contributed by atoms with Crippen molar-refractivity contribution in [2.45, 2.75) is 51.6 Å². The predicted molar refractivity (Wildman–Crippen MR) is 113 cm³/mol. The Morgan fingerprint density at radius 1 is 1.34 bits per heavy atom. The highest BCUT2D eigenvalue weighted by Crippen LogP contribution is 2.40. The summed E-state index contributed by atoms with van der Waals surface area (Å²) >= 11 is 1.36. The third-order valence-corrected chi connectivity index (χ3v) is 7.25. The largest absolute Gasteiger partial charge is 0.391 e. The van der Waals surface area contributed by atoms with E-state index in [1.807, 2.05) is 0 Å². The number of carbonyl (C=O) groups is 1. The molecule has 4 rings (SSSR count). The summed E-state index contributed by atoms with van der Waals surface area (Å²) in [6.45, 7) is 6.28. The fourth-order valence-corrected chi connectivity index (χ4v) is 5.52. The number of unbranched alkanes of at least 4 members (excludes halogenated alkanes) is 2. The second-order valence-electron chi connectivity index (χ2n) is 8.62. The van der Waals surface area contributed by atoms with E-state index in [4.69, 9.17) is 0 Å². The van der Waals surface area contributed by atoms with E-state index < -0.39 is 6.10 Å². The molecule has 7 nitrogen and oxygen atoms in total. The Morgan fingerprint density at radius 3 is 2.90 bits per heavy atom. The fourth-order valence-electron chi connectivity index (χ4n) is 4.85. The zero-order valence-electron chi connectivity index (χ0n) is 17.0. The molecule has 0 radical (unpaired) electrons. The number of carbonyl (C=O) groups excluding carboxylic acids is 1. The second kappa shape index (κ2) is 8.53.